The highest BCUT2D eigenvalue weighted by atomic mass is 16.5. The van der Waals surface area contributed by atoms with Crippen molar-refractivity contribution >= 4 is 5.69 Å². The number of anilines is 1. The fourth-order valence-corrected chi connectivity index (χ4v) is 2.14. The van der Waals surface area contributed by atoms with Crippen molar-refractivity contribution in [3.63, 3.8) is 0 Å². The summed E-state index contributed by atoms with van der Waals surface area (Å²) in [5.74, 6) is 1.05. The van der Waals surface area contributed by atoms with Gasteiger partial charge in [0.25, 0.3) is 5.89 Å². The van der Waals surface area contributed by atoms with Crippen LogP contribution >= 0.6 is 0 Å². The van der Waals surface area contributed by atoms with Crippen LogP contribution in [0.3, 0.4) is 0 Å². The fourth-order valence-electron chi connectivity index (χ4n) is 2.14. The molecule has 0 radical (unpaired) electrons. The molecule has 0 fully saturated rings. The number of aromatic nitrogens is 2. The lowest BCUT2D eigenvalue weighted by Crippen LogP contribution is -1.91. The minimum Gasteiger partial charge on any atom is -0.506 e. The third kappa shape index (κ3) is 2.86. The topological polar surface area (TPSA) is 85.2 Å². The maximum absolute atomic E-state index is 9.43. The zero-order chi connectivity index (χ0) is 14.8. The molecule has 1 heterocycles. The minimum absolute atomic E-state index is 0.0400. The van der Waals surface area contributed by atoms with Gasteiger partial charge in [-0.1, -0.05) is 35.0 Å². The molecule has 0 saturated carbocycles. The lowest BCUT2D eigenvalue weighted by Gasteiger charge is -1.99. The van der Waals surface area contributed by atoms with Crippen LogP contribution in [0, 0.1) is 6.92 Å². The standard InChI is InChI=1S/C16H15N3O2/c1-10-3-2-4-11(7-10)8-15-18-16(21-19-15)12-5-6-14(20)13(17)9-12/h2-7,9,20H,8,17H2,1H3. The summed E-state index contributed by atoms with van der Waals surface area (Å²) in [6.07, 6.45) is 0.610. The van der Waals surface area contributed by atoms with Gasteiger partial charge >= 0.3 is 0 Å². The van der Waals surface area contributed by atoms with Crippen molar-refractivity contribution in [2.75, 3.05) is 5.73 Å². The molecule has 21 heavy (non-hydrogen) atoms. The van der Waals surface area contributed by atoms with Gasteiger partial charge in [-0.05, 0) is 30.7 Å². The first-order valence-corrected chi connectivity index (χ1v) is 6.59. The summed E-state index contributed by atoms with van der Waals surface area (Å²) in [5.41, 5.74) is 8.97. The average molecular weight is 281 g/mol. The van der Waals surface area contributed by atoms with Crippen molar-refractivity contribution in [1.29, 1.82) is 0 Å². The molecule has 0 spiro atoms. The molecular weight excluding hydrogens is 266 g/mol. The summed E-state index contributed by atoms with van der Waals surface area (Å²) >= 11 is 0. The predicted molar refractivity (Wildman–Crippen MR) is 79.8 cm³/mol. The van der Waals surface area contributed by atoms with E-state index in [9.17, 15) is 5.11 Å². The Balaban J connectivity index is 1.84. The van der Waals surface area contributed by atoms with E-state index in [4.69, 9.17) is 10.3 Å². The summed E-state index contributed by atoms with van der Waals surface area (Å²) < 4.78 is 5.25. The molecule has 0 aliphatic heterocycles. The monoisotopic (exact) mass is 281 g/mol. The Labute approximate surface area is 122 Å². The van der Waals surface area contributed by atoms with Crippen molar-refractivity contribution in [3.8, 4) is 17.2 Å². The molecule has 0 aliphatic rings. The first-order valence-electron chi connectivity index (χ1n) is 6.59. The quantitative estimate of drug-likeness (QED) is 0.569. The Bertz CT molecular complexity index is 781. The zero-order valence-electron chi connectivity index (χ0n) is 11.6. The molecule has 3 aromatic rings. The lowest BCUT2D eigenvalue weighted by atomic mass is 10.1. The van der Waals surface area contributed by atoms with Gasteiger partial charge in [0.15, 0.2) is 5.82 Å². The molecule has 3 N–H and O–H groups in total. The van der Waals surface area contributed by atoms with Gasteiger partial charge in [-0.15, -0.1) is 0 Å². The van der Waals surface area contributed by atoms with Crippen LogP contribution in [-0.2, 0) is 6.42 Å². The van der Waals surface area contributed by atoms with E-state index in [1.807, 2.05) is 25.1 Å². The van der Waals surface area contributed by atoms with Gasteiger partial charge in [0.2, 0.25) is 0 Å². The summed E-state index contributed by atoms with van der Waals surface area (Å²) in [5, 5.41) is 13.4. The Morgan fingerprint density at radius 3 is 2.81 bits per heavy atom. The number of hydrogen-bond acceptors (Lipinski definition) is 5. The Hall–Kier alpha value is -2.82. The fraction of sp³-hybridized carbons (Fsp3) is 0.125. The number of aromatic hydroxyl groups is 1. The van der Waals surface area contributed by atoms with Gasteiger partial charge in [-0.2, -0.15) is 4.98 Å². The number of nitrogens with two attached hydrogens (primary N) is 1. The third-order valence-corrected chi connectivity index (χ3v) is 3.19. The van der Waals surface area contributed by atoms with Crippen LogP contribution < -0.4 is 5.73 Å². The van der Waals surface area contributed by atoms with Crippen molar-refractivity contribution in [2.45, 2.75) is 13.3 Å². The van der Waals surface area contributed by atoms with Gasteiger partial charge in [-0.25, -0.2) is 0 Å². The van der Waals surface area contributed by atoms with E-state index in [2.05, 4.69) is 16.2 Å². The second-order valence-corrected chi connectivity index (χ2v) is 4.96. The number of phenols is 1. The van der Waals surface area contributed by atoms with Gasteiger partial charge in [0.1, 0.15) is 5.75 Å². The molecule has 2 aromatic carbocycles. The highest BCUT2D eigenvalue weighted by molar-refractivity contribution is 5.64. The highest BCUT2D eigenvalue weighted by Crippen LogP contribution is 2.26. The third-order valence-electron chi connectivity index (χ3n) is 3.19. The van der Waals surface area contributed by atoms with E-state index in [-0.39, 0.29) is 11.4 Å². The van der Waals surface area contributed by atoms with Gasteiger partial charge < -0.3 is 15.4 Å². The van der Waals surface area contributed by atoms with E-state index in [1.165, 1.54) is 11.6 Å². The van der Waals surface area contributed by atoms with Crippen molar-refractivity contribution in [1.82, 2.24) is 10.1 Å². The van der Waals surface area contributed by atoms with E-state index < -0.39 is 0 Å². The molecule has 106 valence electrons. The smallest absolute Gasteiger partial charge is 0.258 e. The van der Waals surface area contributed by atoms with Crippen LogP contribution in [0.25, 0.3) is 11.5 Å². The summed E-state index contributed by atoms with van der Waals surface area (Å²) in [7, 11) is 0. The molecule has 0 atom stereocenters. The molecule has 0 unspecified atom stereocenters. The number of phenolic OH excluding ortho intramolecular Hbond substituents is 1. The van der Waals surface area contributed by atoms with Crippen molar-refractivity contribution in [3.05, 3.63) is 59.4 Å². The summed E-state index contributed by atoms with van der Waals surface area (Å²) in [4.78, 5) is 4.36. The van der Waals surface area contributed by atoms with Gasteiger partial charge in [-0.3, -0.25) is 0 Å². The van der Waals surface area contributed by atoms with E-state index in [1.54, 1.807) is 12.1 Å². The molecule has 0 bridgehead atoms. The summed E-state index contributed by atoms with van der Waals surface area (Å²) in [6.45, 7) is 2.05. The molecule has 0 saturated heterocycles. The van der Waals surface area contributed by atoms with Crippen LogP contribution in [0.5, 0.6) is 5.75 Å². The highest BCUT2D eigenvalue weighted by Gasteiger charge is 2.11. The molecule has 5 nitrogen and oxygen atoms in total. The number of nitrogens with zero attached hydrogens (tertiary/aromatic N) is 2. The molecule has 3 rings (SSSR count). The molecule has 0 aliphatic carbocycles. The number of hydrogen-bond donors (Lipinski definition) is 2. The predicted octanol–water partition coefficient (Wildman–Crippen LogP) is 2.92. The Morgan fingerprint density at radius 2 is 2.05 bits per heavy atom. The normalized spacial score (nSPS) is 10.7. The van der Waals surface area contributed by atoms with E-state index in [0.717, 1.165) is 5.56 Å². The second kappa shape index (κ2) is 5.28. The average Bonchev–Trinajstić information content (AvgIpc) is 2.90. The second-order valence-electron chi connectivity index (χ2n) is 4.96. The van der Waals surface area contributed by atoms with Gasteiger partial charge in [0.05, 0.1) is 5.69 Å². The van der Waals surface area contributed by atoms with E-state index >= 15 is 0 Å². The molecule has 0 amide bonds. The van der Waals surface area contributed by atoms with Crippen LogP contribution in [0.15, 0.2) is 47.0 Å². The number of benzene rings is 2. The molecule has 5 heteroatoms. The minimum atomic E-state index is 0.0400. The first-order chi connectivity index (χ1) is 10.1. The van der Waals surface area contributed by atoms with Crippen LogP contribution in [0.2, 0.25) is 0 Å². The first kappa shape index (κ1) is 13.2. The van der Waals surface area contributed by atoms with Crippen molar-refractivity contribution in [2.24, 2.45) is 0 Å². The number of rotatable bonds is 3. The molecule has 1 aromatic heterocycles. The van der Waals surface area contributed by atoms with E-state index in [0.29, 0.717) is 23.7 Å². The molecular formula is C16H15N3O2. The number of nitrogen functional groups attached to an aromatic ring is 1. The Kier molecular flexibility index (Phi) is 3.31. The largest absolute Gasteiger partial charge is 0.506 e. The Morgan fingerprint density at radius 1 is 1.19 bits per heavy atom. The zero-order valence-corrected chi connectivity index (χ0v) is 11.6. The van der Waals surface area contributed by atoms with Crippen LogP contribution in [0.4, 0.5) is 5.69 Å². The maximum Gasteiger partial charge on any atom is 0.258 e. The lowest BCUT2D eigenvalue weighted by molar-refractivity contribution is 0.424. The van der Waals surface area contributed by atoms with Crippen molar-refractivity contribution < 1.29 is 9.63 Å². The summed E-state index contributed by atoms with van der Waals surface area (Å²) in [6, 6.07) is 13.0. The van der Waals surface area contributed by atoms with Crippen LogP contribution in [0.1, 0.15) is 17.0 Å². The maximum atomic E-state index is 9.43. The van der Waals surface area contributed by atoms with Gasteiger partial charge in [0, 0.05) is 12.0 Å². The number of aryl methyl sites for hydroxylation is 1. The van der Waals surface area contributed by atoms with Crippen LogP contribution in [-0.4, -0.2) is 15.2 Å². The SMILES string of the molecule is Cc1cccc(Cc2noc(-c3ccc(O)c(N)c3)n2)c1.